The minimum Gasteiger partial charge on any atom is -0.488 e. The molecule has 0 aromatic carbocycles. The van der Waals surface area contributed by atoms with Gasteiger partial charge in [-0.2, -0.15) is 10.1 Å². The van der Waals surface area contributed by atoms with Gasteiger partial charge in [0.15, 0.2) is 6.17 Å². The lowest BCUT2D eigenvalue weighted by Gasteiger charge is -2.18. The predicted molar refractivity (Wildman–Crippen MR) is 115 cm³/mol. The predicted octanol–water partition coefficient (Wildman–Crippen LogP) is 2.59. The summed E-state index contributed by atoms with van der Waals surface area (Å²) < 4.78 is 33.5. The molecule has 0 fully saturated rings. The molecule has 9 nitrogen and oxygen atoms in total. The number of nitrogens with zero attached hydrogens (tertiary/aromatic N) is 4. The third-order valence-corrected chi connectivity index (χ3v) is 5.01. The smallest absolute Gasteiger partial charge is 0.323 e. The lowest BCUT2D eigenvalue weighted by Crippen LogP contribution is -2.33. The molecule has 0 bridgehead atoms. The summed E-state index contributed by atoms with van der Waals surface area (Å²) in [5, 5.41) is 4.19. The van der Waals surface area contributed by atoms with E-state index in [2.05, 4.69) is 15.1 Å². The molecule has 0 amide bonds. The van der Waals surface area contributed by atoms with Gasteiger partial charge in [0.05, 0.1) is 11.9 Å². The van der Waals surface area contributed by atoms with Crippen molar-refractivity contribution in [3.8, 4) is 11.6 Å². The summed E-state index contributed by atoms with van der Waals surface area (Å²) in [5.74, 6) is 0.326. The van der Waals surface area contributed by atoms with Crippen LogP contribution >= 0.6 is 0 Å². The number of allylic oxidation sites excluding steroid dienone is 5. The Hall–Kier alpha value is -3.53. The summed E-state index contributed by atoms with van der Waals surface area (Å²) in [6, 6.07) is -0.707. The van der Waals surface area contributed by atoms with Crippen molar-refractivity contribution in [3.63, 3.8) is 0 Å². The van der Waals surface area contributed by atoms with Crippen LogP contribution in [0.5, 0.6) is 11.6 Å². The Kier molecular flexibility index (Phi) is 5.79. The van der Waals surface area contributed by atoms with Crippen molar-refractivity contribution in [2.75, 3.05) is 6.61 Å². The van der Waals surface area contributed by atoms with Crippen molar-refractivity contribution in [3.05, 3.63) is 53.3 Å². The van der Waals surface area contributed by atoms with Crippen molar-refractivity contribution in [1.82, 2.24) is 14.6 Å². The van der Waals surface area contributed by atoms with Crippen LogP contribution in [0.4, 0.5) is 4.39 Å². The highest BCUT2D eigenvalue weighted by Gasteiger charge is 2.30. The molecule has 10 heteroatoms. The Bertz CT molecular complexity index is 1190. The fourth-order valence-corrected chi connectivity index (χ4v) is 3.39. The molecule has 0 spiro atoms. The van der Waals surface area contributed by atoms with Gasteiger partial charge in [0.2, 0.25) is 5.88 Å². The van der Waals surface area contributed by atoms with Gasteiger partial charge >= 0.3 is 5.97 Å². The van der Waals surface area contributed by atoms with Crippen LogP contribution in [-0.2, 0) is 9.53 Å². The zero-order valence-electron chi connectivity index (χ0n) is 18.2. The molecule has 2 aliphatic rings. The van der Waals surface area contributed by atoms with E-state index in [1.54, 1.807) is 42.8 Å². The Morgan fingerprint density at radius 1 is 1.31 bits per heavy atom. The maximum absolute atomic E-state index is 15.0. The Balaban J connectivity index is 1.53. The topological polar surface area (TPSA) is 113 Å². The Morgan fingerprint density at radius 2 is 2.09 bits per heavy atom. The van der Waals surface area contributed by atoms with Crippen molar-refractivity contribution >= 4 is 17.2 Å². The maximum Gasteiger partial charge on any atom is 0.323 e. The summed E-state index contributed by atoms with van der Waals surface area (Å²) in [6.07, 6.45) is 6.02. The van der Waals surface area contributed by atoms with Crippen LogP contribution in [0.2, 0.25) is 0 Å². The van der Waals surface area contributed by atoms with Crippen LogP contribution < -0.4 is 15.2 Å². The van der Waals surface area contributed by atoms with E-state index in [9.17, 15) is 4.79 Å². The lowest BCUT2D eigenvalue weighted by atomic mass is 10.0. The normalized spacial score (nSPS) is 19.4. The molecule has 0 saturated heterocycles. The van der Waals surface area contributed by atoms with E-state index in [1.165, 1.54) is 6.33 Å². The standard InChI is InChI=1S/C22H24FN5O4/c1-11-7-15-16(27-11)5-6-17(19(15)23)32-21-20-13(3)18(8-28(20)26-10-25-21)30-9-12(2)31-22(29)14(4)24/h5-8,10,12,14,19H,9,24H2,1-4H3. The fraction of sp³-hybridized carbons (Fsp3) is 0.364. The molecule has 3 atom stereocenters. The van der Waals surface area contributed by atoms with Gasteiger partial charge in [-0.25, -0.2) is 8.91 Å². The number of aliphatic imine (C=N–C) groups is 1. The van der Waals surface area contributed by atoms with Crippen LogP contribution in [0.1, 0.15) is 26.3 Å². The third-order valence-electron chi connectivity index (χ3n) is 5.01. The number of aromatic nitrogens is 3. The number of ether oxygens (including phenoxy) is 3. The van der Waals surface area contributed by atoms with E-state index < -0.39 is 24.3 Å². The number of halogens is 1. The number of nitrogens with two attached hydrogens (primary N) is 1. The van der Waals surface area contributed by atoms with Crippen LogP contribution in [0.3, 0.4) is 0 Å². The second kappa shape index (κ2) is 8.54. The minimum atomic E-state index is -1.45. The number of rotatable bonds is 7. The molecule has 4 rings (SSSR count). The molecule has 32 heavy (non-hydrogen) atoms. The summed E-state index contributed by atoms with van der Waals surface area (Å²) >= 11 is 0. The van der Waals surface area contributed by atoms with Gasteiger partial charge in [0, 0.05) is 16.8 Å². The first-order valence-corrected chi connectivity index (χ1v) is 10.2. The second-order valence-electron chi connectivity index (χ2n) is 7.76. The van der Waals surface area contributed by atoms with Crippen LogP contribution in [0.25, 0.3) is 5.52 Å². The highest BCUT2D eigenvalue weighted by molar-refractivity contribution is 5.98. The highest BCUT2D eigenvalue weighted by Crippen LogP contribution is 2.35. The number of aryl methyl sites for hydroxylation is 1. The zero-order valence-corrected chi connectivity index (χ0v) is 18.2. The van der Waals surface area contributed by atoms with E-state index in [4.69, 9.17) is 19.9 Å². The van der Waals surface area contributed by atoms with Gasteiger partial charge in [0.1, 0.15) is 42.1 Å². The van der Waals surface area contributed by atoms with Crippen molar-refractivity contribution in [2.24, 2.45) is 10.7 Å². The first-order valence-electron chi connectivity index (χ1n) is 10.2. The molecule has 2 N–H and O–H groups in total. The van der Waals surface area contributed by atoms with Gasteiger partial charge in [-0.1, -0.05) is 0 Å². The maximum atomic E-state index is 15.0. The Labute approximate surface area is 184 Å². The van der Waals surface area contributed by atoms with Gasteiger partial charge < -0.3 is 19.9 Å². The SMILES string of the molecule is CC1=NC2=CC=C(Oc3ncnn4cc(OCC(C)OC(=O)C(C)N)c(C)c34)C(F)C2=C1. The number of hydrogen-bond acceptors (Lipinski definition) is 8. The van der Waals surface area contributed by atoms with E-state index in [-0.39, 0.29) is 18.2 Å². The monoisotopic (exact) mass is 441 g/mol. The molecule has 1 aliphatic carbocycles. The van der Waals surface area contributed by atoms with Gasteiger partial charge in [-0.15, -0.1) is 0 Å². The van der Waals surface area contributed by atoms with Gasteiger partial charge in [-0.05, 0) is 45.9 Å². The number of carbonyl (C=O) groups is 1. The average molecular weight is 441 g/mol. The summed E-state index contributed by atoms with van der Waals surface area (Å²) in [7, 11) is 0. The number of alkyl halides is 1. The van der Waals surface area contributed by atoms with E-state index in [1.807, 2.05) is 13.8 Å². The summed E-state index contributed by atoms with van der Waals surface area (Å²) in [4.78, 5) is 20.1. The van der Waals surface area contributed by atoms with Gasteiger partial charge in [-0.3, -0.25) is 9.79 Å². The third kappa shape index (κ3) is 4.13. The van der Waals surface area contributed by atoms with E-state index >= 15 is 4.39 Å². The quantitative estimate of drug-likeness (QED) is 0.657. The molecule has 1 aliphatic heterocycles. The number of hydrogen-bond donors (Lipinski definition) is 1. The van der Waals surface area contributed by atoms with Crippen molar-refractivity contribution < 1.29 is 23.4 Å². The number of fused-ring (bicyclic) bond motifs is 2. The molecule has 0 saturated carbocycles. The summed E-state index contributed by atoms with van der Waals surface area (Å²) in [6.45, 7) is 7.02. The molecule has 2 aromatic heterocycles. The van der Waals surface area contributed by atoms with E-state index in [0.717, 1.165) is 5.71 Å². The van der Waals surface area contributed by atoms with Gasteiger partial charge in [0.25, 0.3) is 0 Å². The first kappa shape index (κ1) is 21.7. The largest absolute Gasteiger partial charge is 0.488 e. The fourth-order valence-electron chi connectivity index (χ4n) is 3.39. The second-order valence-corrected chi connectivity index (χ2v) is 7.76. The number of esters is 1. The Morgan fingerprint density at radius 3 is 2.84 bits per heavy atom. The molecule has 3 heterocycles. The first-order chi connectivity index (χ1) is 15.2. The number of carbonyl (C=O) groups excluding carboxylic acids is 1. The molecule has 3 unspecified atom stereocenters. The molecular formula is C22H24FN5O4. The van der Waals surface area contributed by atoms with Crippen LogP contribution in [0.15, 0.2) is 52.8 Å². The molecule has 168 valence electrons. The van der Waals surface area contributed by atoms with Crippen molar-refractivity contribution in [1.29, 1.82) is 0 Å². The zero-order chi connectivity index (χ0) is 23.0. The molecule has 0 radical (unpaired) electrons. The average Bonchev–Trinajstić information content (AvgIpc) is 3.29. The molecular weight excluding hydrogens is 417 g/mol. The summed E-state index contributed by atoms with van der Waals surface area (Å²) in [5.41, 5.74) is 8.57. The lowest BCUT2D eigenvalue weighted by molar-refractivity contribution is -0.150. The molecule has 2 aromatic rings. The van der Waals surface area contributed by atoms with E-state index in [0.29, 0.717) is 28.1 Å². The van der Waals surface area contributed by atoms with Crippen molar-refractivity contribution in [2.45, 2.75) is 46.0 Å². The van der Waals surface area contributed by atoms with Crippen LogP contribution in [0, 0.1) is 6.92 Å². The van der Waals surface area contributed by atoms with Crippen LogP contribution in [-0.4, -0.2) is 51.2 Å². The minimum absolute atomic E-state index is 0.116. The highest BCUT2D eigenvalue weighted by atomic mass is 19.1.